The van der Waals surface area contributed by atoms with Crippen LogP contribution < -0.4 is 10.1 Å². The van der Waals surface area contributed by atoms with Crippen molar-refractivity contribution in [3.63, 3.8) is 0 Å². The van der Waals surface area contributed by atoms with Crippen LogP contribution in [0.1, 0.15) is 5.56 Å². The van der Waals surface area contributed by atoms with Gasteiger partial charge in [-0.3, -0.25) is 0 Å². The van der Waals surface area contributed by atoms with Crippen molar-refractivity contribution in [3.8, 4) is 5.75 Å². The number of carbonyl (C=O) groups is 1. The van der Waals surface area contributed by atoms with Gasteiger partial charge in [-0.1, -0.05) is 12.1 Å². The molecule has 0 unspecified atom stereocenters. The molecule has 108 valence electrons. The van der Waals surface area contributed by atoms with Crippen LogP contribution in [0.5, 0.6) is 5.75 Å². The lowest BCUT2D eigenvalue weighted by Gasteiger charge is -2.01. The van der Waals surface area contributed by atoms with E-state index >= 15 is 0 Å². The van der Waals surface area contributed by atoms with E-state index in [1.807, 2.05) is 24.3 Å². The van der Waals surface area contributed by atoms with Crippen molar-refractivity contribution >= 4 is 17.5 Å². The molecule has 0 aliphatic carbocycles. The fraction of sp³-hybridized carbons (Fsp3) is 0.133. The quantitative estimate of drug-likeness (QED) is 0.818. The van der Waals surface area contributed by atoms with E-state index in [0.717, 1.165) is 17.0 Å². The lowest BCUT2D eigenvalue weighted by molar-refractivity contribution is 0.194. The van der Waals surface area contributed by atoms with Crippen LogP contribution in [0.4, 0.5) is 16.2 Å². The van der Waals surface area contributed by atoms with E-state index in [2.05, 4.69) is 15.5 Å². The third-order valence-electron chi connectivity index (χ3n) is 2.73. The zero-order valence-electron chi connectivity index (χ0n) is 11.5. The fourth-order valence-corrected chi connectivity index (χ4v) is 1.62. The third-order valence-corrected chi connectivity index (χ3v) is 2.73. The molecule has 0 heterocycles. The van der Waals surface area contributed by atoms with Crippen molar-refractivity contribution in [1.82, 2.24) is 5.32 Å². The SMILES string of the molecule is COc1ccc(N=Nc2ccc(CNC(=O)O)cc2)cc1. The maximum absolute atomic E-state index is 10.4. The number of hydrogen-bond donors (Lipinski definition) is 2. The van der Waals surface area contributed by atoms with Crippen molar-refractivity contribution in [1.29, 1.82) is 0 Å². The van der Waals surface area contributed by atoms with Gasteiger partial charge in [0.05, 0.1) is 18.5 Å². The smallest absolute Gasteiger partial charge is 0.404 e. The highest BCUT2D eigenvalue weighted by Gasteiger charge is 1.97. The van der Waals surface area contributed by atoms with Crippen molar-refractivity contribution in [3.05, 3.63) is 54.1 Å². The van der Waals surface area contributed by atoms with Gasteiger partial charge < -0.3 is 15.2 Å². The molecule has 6 heteroatoms. The summed E-state index contributed by atoms with van der Waals surface area (Å²) in [5.41, 5.74) is 2.29. The first kappa shape index (κ1) is 14.5. The largest absolute Gasteiger partial charge is 0.497 e. The Morgan fingerprint density at radius 2 is 1.57 bits per heavy atom. The average Bonchev–Trinajstić information content (AvgIpc) is 2.52. The average molecular weight is 285 g/mol. The molecule has 21 heavy (non-hydrogen) atoms. The minimum atomic E-state index is -1.04. The summed E-state index contributed by atoms with van der Waals surface area (Å²) in [4.78, 5) is 10.4. The first-order chi connectivity index (χ1) is 10.2. The Balaban J connectivity index is 1.98. The van der Waals surface area contributed by atoms with Gasteiger partial charge in [0, 0.05) is 6.54 Å². The van der Waals surface area contributed by atoms with E-state index in [-0.39, 0.29) is 6.54 Å². The summed E-state index contributed by atoms with van der Waals surface area (Å²) in [6.07, 6.45) is -1.04. The predicted octanol–water partition coefficient (Wildman–Crippen LogP) is 3.88. The molecule has 6 nitrogen and oxygen atoms in total. The summed E-state index contributed by atoms with van der Waals surface area (Å²) in [6, 6.07) is 14.4. The summed E-state index contributed by atoms with van der Waals surface area (Å²) in [5.74, 6) is 0.768. The van der Waals surface area contributed by atoms with Crippen LogP contribution in [0.2, 0.25) is 0 Å². The van der Waals surface area contributed by atoms with E-state index < -0.39 is 6.09 Å². The van der Waals surface area contributed by atoms with Crippen LogP contribution in [-0.2, 0) is 6.54 Å². The number of hydrogen-bond acceptors (Lipinski definition) is 4. The zero-order valence-corrected chi connectivity index (χ0v) is 11.5. The van der Waals surface area contributed by atoms with Gasteiger partial charge in [-0.2, -0.15) is 10.2 Å². The van der Waals surface area contributed by atoms with Gasteiger partial charge in [0.1, 0.15) is 5.75 Å². The van der Waals surface area contributed by atoms with Crippen LogP contribution in [0.3, 0.4) is 0 Å². The molecule has 0 radical (unpaired) electrons. The van der Waals surface area contributed by atoms with Gasteiger partial charge in [-0.05, 0) is 42.0 Å². The molecular formula is C15H15N3O3. The second kappa shape index (κ2) is 7.04. The number of amides is 1. The Morgan fingerprint density at radius 3 is 2.05 bits per heavy atom. The highest BCUT2D eigenvalue weighted by Crippen LogP contribution is 2.21. The summed E-state index contributed by atoms with van der Waals surface area (Å²) < 4.78 is 5.06. The molecule has 0 fully saturated rings. The van der Waals surface area contributed by atoms with Gasteiger partial charge in [-0.25, -0.2) is 4.79 Å². The Hall–Kier alpha value is -2.89. The topological polar surface area (TPSA) is 83.3 Å². The Kier molecular flexibility index (Phi) is 4.87. The van der Waals surface area contributed by atoms with E-state index in [0.29, 0.717) is 5.69 Å². The van der Waals surface area contributed by atoms with Crippen LogP contribution in [0.25, 0.3) is 0 Å². The van der Waals surface area contributed by atoms with Crippen molar-refractivity contribution in [2.24, 2.45) is 10.2 Å². The van der Waals surface area contributed by atoms with Gasteiger partial charge in [-0.15, -0.1) is 0 Å². The molecule has 2 N–H and O–H groups in total. The number of carboxylic acid groups (broad SMARTS) is 1. The normalized spacial score (nSPS) is 10.5. The summed E-state index contributed by atoms with van der Waals surface area (Å²) >= 11 is 0. The molecule has 0 atom stereocenters. The Morgan fingerprint density at radius 1 is 1.05 bits per heavy atom. The van der Waals surface area contributed by atoms with Crippen LogP contribution in [-0.4, -0.2) is 18.3 Å². The van der Waals surface area contributed by atoms with E-state index in [1.54, 1.807) is 31.4 Å². The van der Waals surface area contributed by atoms with Crippen molar-refractivity contribution < 1.29 is 14.6 Å². The van der Waals surface area contributed by atoms with Crippen LogP contribution >= 0.6 is 0 Å². The fourth-order valence-electron chi connectivity index (χ4n) is 1.62. The highest BCUT2D eigenvalue weighted by atomic mass is 16.5. The number of nitrogens with zero attached hydrogens (tertiary/aromatic N) is 2. The van der Waals surface area contributed by atoms with Gasteiger partial charge in [0.25, 0.3) is 0 Å². The molecular weight excluding hydrogens is 270 g/mol. The number of azo groups is 1. The molecule has 2 aromatic carbocycles. The van der Waals surface area contributed by atoms with Crippen LogP contribution in [0, 0.1) is 0 Å². The summed E-state index contributed by atoms with van der Waals surface area (Å²) in [6.45, 7) is 0.269. The minimum absolute atomic E-state index is 0.269. The van der Waals surface area contributed by atoms with Gasteiger partial charge >= 0.3 is 6.09 Å². The molecule has 0 bridgehead atoms. The number of ether oxygens (including phenoxy) is 1. The van der Waals surface area contributed by atoms with E-state index in [9.17, 15) is 4.79 Å². The minimum Gasteiger partial charge on any atom is -0.497 e. The molecule has 0 saturated heterocycles. The first-order valence-corrected chi connectivity index (χ1v) is 6.29. The molecule has 0 aromatic heterocycles. The molecule has 0 saturated carbocycles. The predicted molar refractivity (Wildman–Crippen MR) is 78.5 cm³/mol. The molecule has 2 rings (SSSR count). The number of benzene rings is 2. The molecule has 0 aliphatic rings. The highest BCUT2D eigenvalue weighted by molar-refractivity contribution is 5.64. The number of methoxy groups -OCH3 is 1. The Bertz CT molecular complexity index is 622. The van der Waals surface area contributed by atoms with E-state index in [4.69, 9.17) is 9.84 Å². The standard InChI is InChI=1S/C15H15N3O3/c1-21-14-8-6-13(7-9-14)18-17-12-4-2-11(3-5-12)10-16-15(19)20/h2-9,16H,10H2,1H3,(H,19,20). The maximum atomic E-state index is 10.4. The molecule has 2 aromatic rings. The number of rotatable bonds is 5. The molecule has 0 spiro atoms. The Labute approximate surface area is 122 Å². The maximum Gasteiger partial charge on any atom is 0.404 e. The molecule has 1 amide bonds. The van der Waals surface area contributed by atoms with Gasteiger partial charge in [0.2, 0.25) is 0 Å². The summed E-state index contributed by atoms with van der Waals surface area (Å²) in [7, 11) is 1.61. The zero-order chi connectivity index (χ0) is 15.1. The molecule has 0 aliphatic heterocycles. The number of nitrogens with one attached hydrogen (secondary N) is 1. The second-order valence-electron chi connectivity index (χ2n) is 4.22. The lowest BCUT2D eigenvalue weighted by Crippen LogP contribution is -2.19. The summed E-state index contributed by atoms with van der Waals surface area (Å²) in [5, 5.41) is 19.1. The van der Waals surface area contributed by atoms with E-state index in [1.165, 1.54) is 0 Å². The van der Waals surface area contributed by atoms with Crippen molar-refractivity contribution in [2.75, 3.05) is 7.11 Å². The van der Waals surface area contributed by atoms with Crippen molar-refractivity contribution in [2.45, 2.75) is 6.54 Å². The van der Waals surface area contributed by atoms with Crippen LogP contribution in [0.15, 0.2) is 58.8 Å². The second-order valence-corrected chi connectivity index (χ2v) is 4.22. The first-order valence-electron chi connectivity index (χ1n) is 6.29. The lowest BCUT2D eigenvalue weighted by atomic mass is 10.2. The monoisotopic (exact) mass is 285 g/mol. The van der Waals surface area contributed by atoms with Gasteiger partial charge in [0.15, 0.2) is 0 Å². The third kappa shape index (κ3) is 4.61.